The summed E-state index contributed by atoms with van der Waals surface area (Å²) in [5.74, 6) is 0.690. The molecular formula is C10H20ClNO3S. The first kappa shape index (κ1) is 14.2. The Morgan fingerprint density at radius 1 is 1.44 bits per heavy atom. The van der Waals surface area contributed by atoms with Crippen molar-refractivity contribution in [2.45, 2.75) is 44.8 Å². The third-order valence-corrected chi connectivity index (χ3v) is 4.41. The molecule has 1 aliphatic rings. The van der Waals surface area contributed by atoms with E-state index in [1.54, 1.807) is 0 Å². The standard InChI is InChI=1S/C10H20ClNO3S/c1-9-8-10(4-6-15-9)12-16(13,14)7-3-2-5-11/h9-10,12H,2-8H2,1H3. The zero-order valence-electron chi connectivity index (χ0n) is 9.62. The molecule has 0 aromatic carbocycles. The van der Waals surface area contributed by atoms with Gasteiger partial charge in [-0.2, -0.15) is 0 Å². The SMILES string of the molecule is CC1CC(NS(=O)(=O)CCCCCl)CCO1. The van der Waals surface area contributed by atoms with Crippen LogP contribution in [-0.4, -0.2) is 38.8 Å². The van der Waals surface area contributed by atoms with Crippen molar-refractivity contribution in [2.24, 2.45) is 0 Å². The average molecular weight is 270 g/mol. The molecule has 1 rings (SSSR count). The Morgan fingerprint density at radius 3 is 2.81 bits per heavy atom. The molecule has 1 heterocycles. The van der Waals surface area contributed by atoms with E-state index in [0.29, 0.717) is 18.9 Å². The van der Waals surface area contributed by atoms with E-state index in [9.17, 15) is 8.42 Å². The first-order valence-electron chi connectivity index (χ1n) is 5.71. The van der Waals surface area contributed by atoms with E-state index < -0.39 is 10.0 Å². The van der Waals surface area contributed by atoms with Crippen molar-refractivity contribution in [3.8, 4) is 0 Å². The molecule has 0 radical (unpaired) electrons. The van der Waals surface area contributed by atoms with E-state index in [0.717, 1.165) is 19.3 Å². The Hall–Kier alpha value is 0.160. The molecule has 1 aliphatic heterocycles. The lowest BCUT2D eigenvalue weighted by atomic mass is 10.1. The Labute approximate surface area is 103 Å². The number of hydrogen-bond donors (Lipinski definition) is 1. The van der Waals surface area contributed by atoms with Gasteiger partial charge in [0, 0.05) is 18.5 Å². The van der Waals surface area contributed by atoms with Gasteiger partial charge in [-0.3, -0.25) is 0 Å². The summed E-state index contributed by atoms with van der Waals surface area (Å²) >= 11 is 5.51. The smallest absolute Gasteiger partial charge is 0.211 e. The summed E-state index contributed by atoms with van der Waals surface area (Å²) in [5, 5.41) is 0. The summed E-state index contributed by atoms with van der Waals surface area (Å²) in [4.78, 5) is 0. The molecule has 1 N–H and O–H groups in total. The van der Waals surface area contributed by atoms with Gasteiger partial charge in [0.05, 0.1) is 11.9 Å². The Balaban J connectivity index is 2.33. The van der Waals surface area contributed by atoms with Crippen LogP contribution in [0.3, 0.4) is 0 Å². The molecule has 4 nitrogen and oxygen atoms in total. The van der Waals surface area contributed by atoms with Gasteiger partial charge >= 0.3 is 0 Å². The number of ether oxygens (including phenoxy) is 1. The average Bonchev–Trinajstić information content (AvgIpc) is 2.17. The quantitative estimate of drug-likeness (QED) is 0.587. The monoisotopic (exact) mass is 269 g/mol. The molecule has 16 heavy (non-hydrogen) atoms. The fraction of sp³-hybridized carbons (Fsp3) is 1.00. The second-order valence-corrected chi connectivity index (χ2v) is 6.49. The summed E-state index contributed by atoms with van der Waals surface area (Å²) in [6.45, 7) is 2.60. The van der Waals surface area contributed by atoms with Crippen LogP contribution in [0.15, 0.2) is 0 Å². The fourth-order valence-electron chi connectivity index (χ4n) is 1.80. The predicted molar refractivity (Wildman–Crippen MR) is 65.3 cm³/mol. The van der Waals surface area contributed by atoms with E-state index in [1.807, 2.05) is 6.92 Å². The molecule has 96 valence electrons. The van der Waals surface area contributed by atoms with Gasteiger partial charge in [0.2, 0.25) is 10.0 Å². The van der Waals surface area contributed by atoms with Crippen LogP contribution in [0.4, 0.5) is 0 Å². The number of halogens is 1. The molecule has 0 saturated carbocycles. The van der Waals surface area contributed by atoms with Gasteiger partial charge in [0.15, 0.2) is 0 Å². The van der Waals surface area contributed by atoms with E-state index in [4.69, 9.17) is 16.3 Å². The minimum Gasteiger partial charge on any atom is -0.378 e. The molecule has 0 aromatic heterocycles. The van der Waals surface area contributed by atoms with Crippen LogP contribution in [0.2, 0.25) is 0 Å². The minimum absolute atomic E-state index is 0.0322. The number of alkyl halides is 1. The van der Waals surface area contributed by atoms with Crippen molar-refractivity contribution >= 4 is 21.6 Å². The molecule has 1 saturated heterocycles. The highest BCUT2D eigenvalue weighted by molar-refractivity contribution is 7.89. The molecule has 0 amide bonds. The van der Waals surface area contributed by atoms with Gasteiger partial charge in [-0.15, -0.1) is 11.6 Å². The van der Waals surface area contributed by atoms with Crippen LogP contribution in [0, 0.1) is 0 Å². The van der Waals surface area contributed by atoms with Gasteiger partial charge < -0.3 is 4.74 Å². The first-order chi connectivity index (χ1) is 7.53. The third kappa shape index (κ3) is 5.48. The van der Waals surface area contributed by atoms with Gasteiger partial charge in [0.25, 0.3) is 0 Å². The normalized spacial score (nSPS) is 26.9. The highest BCUT2D eigenvalue weighted by atomic mass is 35.5. The fourth-order valence-corrected chi connectivity index (χ4v) is 3.42. The first-order valence-corrected chi connectivity index (χ1v) is 7.90. The zero-order chi connectivity index (χ0) is 12.0. The lowest BCUT2D eigenvalue weighted by molar-refractivity contribution is 0.0173. The highest BCUT2D eigenvalue weighted by Crippen LogP contribution is 2.14. The summed E-state index contributed by atoms with van der Waals surface area (Å²) in [6.07, 6.45) is 3.03. The Bertz CT molecular complexity index is 294. The lowest BCUT2D eigenvalue weighted by Crippen LogP contribution is -2.42. The molecule has 2 unspecified atom stereocenters. The van der Waals surface area contributed by atoms with Crippen molar-refractivity contribution in [3.63, 3.8) is 0 Å². The number of hydrogen-bond acceptors (Lipinski definition) is 3. The highest BCUT2D eigenvalue weighted by Gasteiger charge is 2.23. The largest absolute Gasteiger partial charge is 0.378 e. The molecule has 0 spiro atoms. The van der Waals surface area contributed by atoms with Crippen LogP contribution in [0.1, 0.15) is 32.6 Å². The maximum atomic E-state index is 11.7. The van der Waals surface area contributed by atoms with Crippen LogP contribution in [-0.2, 0) is 14.8 Å². The third-order valence-electron chi connectivity index (χ3n) is 2.63. The van der Waals surface area contributed by atoms with Gasteiger partial charge in [-0.05, 0) is 32.6 Å². The summed E-state index contributed by atoms with van der Waals surface area (Å²) in [7, 11) is -3.14. The second kappa shape index (κ2) is 6.79. The maximum Gasteiger partial charge on any atom is 0.211 e. The van der Waals surface area contributed by atoms with Crippen molar-refractivity contribution in [2.75, 3.05) is 18.2 Å². The molecule has 6 heteroatoms. The summed E-state index contributed by atoms with van der Waals surface area (Å²) in [6, 6.07) is 0.0322. The van der Waals surface area contributed by atoms with E-state index in [2.05, 4.69) is 4.72 Å². The number of rotatable bonds is 6. The molecule has 1 fully saturated rings. The molecule has 0 aromatic rings. The van der Waals surface area contributed by atoms with Crippen molar-refractivity contribution in [1.82, 2.24) is 4.72 Å². The topological polar surface area (TPSA) is 55.4 Å². The summed E-state index contributed by atoms with van der Waals surface area (Å²) in [5.41, 5.74) is 0. The molecule has 0 bridgehead atoms. The molecule has 0 aliphatic carbocycles. The molecular weight excluding hydrogens is 250 g/mol. The van der Waals surface area contributed by atoms with Crippen molar-refractivity contribution in [1.29, 1.82) is 0 Å². The van der Waals surface area contributed by atoms with Crippen molar-refractivity contribution < 1.29 is 13.2 Å². The molecule has 2 atom stereocenters. The van der Waals surface area contributed by atoms with E-state index >= 15 is 0 Å². The number of unbranched alkanes of at least 4 members (excludes halogenated alkanes) is 1. The van der Waals surface area contributed by atoms with Crippen LogP contribution in [0.5, 0.6) is 0 Å². The summed E-state index contributed by atoms with van der Waals surface area (Å²) < 4.78 is 31.5. The lowest BCUT2D eigenvalue weighted by Gasteiger charge is -2.27. The van der Waals surface area contributed by atoms with E-state index in [-0.39, 0.29) is 17.9 Å². The minimum atomic E-state index is -3.14. The predicted octanol–water partition coefficient (Wildman–Crippen LogP) is 1.49. The van der Waals surface area contributed by atoms with Crippen LogP contribution in [0.25, 0.3) is 0 Å². The van der Waals surface area contributed by atoms with Crippen molar-refractivity contribution in [3.05, 3.63) is 0 Å². The number of nitrogens with one attached hydrogen (secondary N) is 1. The van der Waals surface area contributed by atoms with Crippen LogP contribution >= 0.6 is 11.6 Å². The zero-order valence-corrected chi connectivity index (χ0v) is 11.2. The second-order valence-electron chi connectivity index (χ2n) is 4.24. The van der Waals surface area contributed by atoms with Crippen LogP contribution < -0.4 is 4.72 Å². The number of sulfonamides is 1. The van der Waals surface area contributed by atoms with Gasteiger partial charge in [-0.25, -0.2) is 13.1 Å². The Morgan fingerprint density at radius 2 is 2.19 bits per heavy atom. The van der Waals surface area contributed by atoms with Gasteiger partial charge in [0.1, 0.15) is 0 Å². The maximum absolute atomic E-state index is 11.7. The van der Waals surface area contributed by atoms with Gasteiger partial charge in [-0.1, -0.05) is 0 Å². The van der Waals surface area contributed by atoms with E-state index in [1.165, 1.54) is 0 Å². The Kier molecular flexibility index (Phi) is 6.03.